The summed E-state index contributed by atoms with van der Waals surface area (Å²) in [5.74, 6) is 0. The van der Waals surface area contributed by atoms with Crippen molar-refractivity contribution in [3.05, 3.63) is 35.4 Å². The second-order valence-electron chi connectivity index (χ2n) is 3.89. The van der Waals surface area contributed by atoms with Gasteiger partial charge in [0.15, 0.2) is 0 Å². The van der Waals surface area contributed by atoms with Gasteiger partial charge in [-0.25, -0.2) is 0 Å². The van der Waals surface area contributed by atoms with Crippen LogP contribution in [0.5, 0.6) is 0 Å². The molecule has 1 aliphatic heterocycles. The predicted molar refractivity (Wildman–Crippen MR) is 65.1 cm³/mol. The van der Waals surface area contributed by atoms with Gasteiger partial charge in [0, 0.05) is 9.52 Å². The second-order valence-corrected chi connectivity index (χ2v) is 5.39. The molecule has 76 valence electrons. The van der Waals surface area contributed by atoms with Gasteiger partial charge in [0.2, 0.25) is 0 Å². The van der Waals surface area contributed by atoms with Gasteiger partial charge in [-0.2, -0.15) is 0 Å². The van der Waals surface area contributed by atoms with Gasteiger partial charge in [-0.05, 0) is 25.0 Å². The maximum atomic E-state index is 2.12. The fourth-order valence-corrected chi connectivity index (χ4v) is 2.71. The van der Waals surface area contributed by atoms with Crippen molar-refractivity contribution in [1.29, 1.82) is 0 Å². The van der Waals surface area contributed by atoms with E-state index in [1.807, 2.05) is 0 Å². The molecule has 1 aromatic carbocycles. The summed E-state index contributed by atoms with van der Waals surface area (Å²) in [5.41, 5.74) is 2.74. The largest absolute Gasteiger partial charge is 0.0620 e. The van der Waals surface area contributed by atoms with Crippen LogP contribution in [0.15, 0.2) is 24.3 Å². The third-order valence-electron chi connectivity index (χ3n) is 2.63. The average Bonchev–Trinajstić information content (AvgIpc) is 2.26. The van der Waals surface area contributed by atoms with Crippen LogP contribution in [0.1, 0.15) is 30.4 Å². The summed E-state index contributed by atoms with van der Waals surface area (Å²) < 4.78 is 0. The molecule has 2 rings (SSSR count). The zero-order valence-electron chi connectivity index (χ0n) is 9.34. The lowest BCUT2D eigenvalue weighted by molar-refractivity contribution is 0.734. The zero-order valence-corrected chi connectivity index (χ0v) is 10.3. The van der Waals surface area contributed by atoms with Gasteiger partial charge in [0.1, 0.15) is 0 Å². The van der Waals surface area contributed by atoms with Crippen molar-refractivity contribution >= 4 is 9.52 Å². The van der Waals surface area contributed by atoms with E-state index in [1.165, 1.54) is 52.0 Å². The molecular formula is C13H20Si. The monoisotopic (exact) mass is 204 g/mol. The minimum absolute atomic E-state index is 1.30. The van der Waals surface area contributed by atoms with Gasteiger partial charge in [-0.3, -0.25) is 0 Å². The van der Waals surface area contributed by atoms with Crippen LogP contribution in [-0.4, -0.2) is 9.52 Å². The Morgan fingerprint density at radius 2 is 1.36 bits per heavy atom. The lowest BCUT2D eigenvalue weighted by Gasteiger charge is -2.04. The molecule has 0 saturated carbocycles. The van der Waals surface area contributed by atoms with E-state index in [1.54, 1.807) is 0 Å². The van der Waals surface area contributed by atoms with E-state index in [9.17, 15) is 0 Å². The molecule has 0 atom stereocenters. The van der Waals surface area contributed by atoms with Crippen LogP contribution in [0.4, 0.5) is 0 Å². The molecule has 14 heavy (non-hydrogen) atoms. The molecule has 0 aliphatic carbocycles. The van der Waals surface area contributed by atoms with Crippen LogP contribution in [0.2, 0.25) is 12.1 Å². The zero-order chi connectivity index (χ0) is 10.2. The summed E-state index contributed by atoms with van der Waals surface area (Å²) in [5, 5.41) is 0. The van der Waals surface area contributed by atoms with Crippen molar-refractivity contribution in [2.75, 3.05) is 0 Å². The highest BCUT2D eigenvalue weighted by atomic mass is 28.2. The molecule has 0 unspecified atom stereocenters. The minimum Gasteiger partial charge on any atom is -0.0620 e. The third-order valence-corrected chi connectivity index (χ3v) is 4.05. The van der Waals surface area contributed by atoms with E-state index >= 15 is 0 Å². The molecule has 1 heterocycles. The Labute approximate surface area is 90.6 Å². The number of benzene rings is 1. The first-order valence-corrected chi connectivity index (χ1v) is 6.95. The van der Waals surface area contributed by atoms with Crippen molar-refractivity contribution in [3.63, 3.8) is 0 Å². The van der Waals surface area contributed by atoms with Crippen molar-refractivity contribution in [2.45, 2.75) is 45.2 Å². The SMILES string of the molecule is C1CC[Si]CC1.Cc1ccccc1C. The highest BCUT2D eigenvalue weighted by Crippen LogP contribution is 2.10. The maximum Gasteiger partial charge on any atom is 0.0378 e. The predicted octanol–water partition coefficient (Wildman–Crippen LogP) is 4.01. The number of rotatable bonds is 0. The van der Waals surface area contributed by atoms with Gasteiger partial charge >= 0.3 is 0 Å². The first-order chi connectivity index (χ1) is 6.80. The summed E-state index contributed by atoms with van der Waals surface area (Å²) >= 11 is 0. The van der Waals surface area contributed by atoms with Crippen LogP contribution in [0.3, 0.4) is 0 Å². The third kappa shape index (κ3) is 4.61. The van der Waals surface area contributed by atoms with Crippen molar-refractivity contribution in [1.82, 2.24) is 0 Å². The van der Waals surface area contributed by atoms with Gasteiger partial charge < -0.3 is 0 Å². The molecule has 0 amide bonds. The molecule has 0 aromatic heterocycles. The van der Waals surface area contributed by atoms with Gasteiger partial charge in [0.05, 0.1) is 0 Å². The molecular weight excluding hydrogens is 184 g/mol. The average molecular weight is 204 g/mol. The smallest absolute Gasteiger partial charge is 0.0378 e. The van der Waals surface area contributed by atoms with E-state index in [-0.39, 0.29) is 0 Å². The first kappa shape index (κ1) is 11.5. The molecule has 1 fully saturated rings. The second kappa shape index (κ2) is 6.83. The molecule has 1 aliphatic rings. The quantitative estimate of drug-likeness (QED) is 0.560. The fourth-order valence-electron chi connectivity index (χ4n) is 1.46. The van der Waals surface area contributed by atoms with E-state index in [4.69, 9.17) is 0 Å². The standard InChI is InChI=1S/C8H10.C5H10Si/c1-7-5-3-4-6-8(7)2;1-2-4-6-5-3-1/h3-6H,1-2H3;1-5H2. The summed E-state index contributed by atoms with van der Waals surface area (Å²) in [6, 6.07) is 11.4. The van der Waals surface area contributed by atoms with Crippen molar-refractivity contribution in [3.8, 4) is 0 Å². The summed E-state index contributed by atoms with van der Waals surface area (Å²) in [7, 11) is 1.30. The van der Waals surface area contributed by atoms with E-state index in [2.05, 4.69) is 38.1 Å². The molecule has 1 heteroatoms. The van der Waals surface area contributed by atoms with Crippen LogP contribution in [-0.2, 0) is 0 Å². The Morgan fingerprint density at radius 3 is 1.57 bits per heavy atom. The van der Waals surface area contributed by atoms with E-state index in [0.29, 0.717) is 0 Å². The Balaban J connectivity index is 0.000000146. The van der Waals surface area contributed by atoms with Gasteiger partial charge in [0.25, 0.3) is 0 Å². The normalized spacial score (nSPS) is 15.6. The Hall–Kier alpha value is -0.563. The fraction of sp³-hybridized carbons (Fsp3) is 0.538. The molecule has 0 N–H and O–H groups in total. The molecule has 2 radical (unpaired) electrons. The lowest BCUT2D eigenvalue weighted by Crippen LogP contribution is -1.94. The minimum atomic E-state index is 1.30. The van der Waals surface area contributed by atoms with Crippen molar-refractivity contribution < 1.29 is 0 Å². The highest BCUT2D eigenvalue weighted by molar-refractivity contribution is 6.35. The highest BCUT2D eigenvalue weighted by Gasteiger charge is 1.96. The summed E-state index contributed by atoms with van der Waals surface area (Å²) in [4.78, 5) is 0. The van der Waals surface area contributed by atoms with Crippen molar-refractivity contribution in [2.24, 2.45) is 0 Å². The Kier molecular flexibility index (Phi) is 5.61. The number of hydrogen-bond donors (Lipinski definition) is 0. The number of hydrogen-bond acceptors (Lipinski definition) is 0. The summed E-state index contributed by atoms with van der Waals surface area (Å²) in [6.07, 6.45) is 4.53. The first-order valence-electron chi connectivity index (χ1n) is 5.53. The Morgan fingerprint density at radius 1 is 0.857 bits per heavy atom. The van der Waals surface area contributed by atoms with Gasteiger partial charge in [-0.1, -0.05) is 55.6 Å². The van der Waals surface area contributed by atoms with E-state index < -0.39 is 0 Å². The maximum absolute atomic E-state index is 2.12. The van der Waals surface area contributed by atoms with Crippen LogP contribution in [0.25, 0.3) is 0 Å². The molecule has 1 aromatic rings. The Bertz CT molecular complexity index is 219. The van der Waals surface area contributed by atoms with Crippen LogP contribution >= 0.6 is 0 Å². The molecule has 0 nitrogen and oxygen atoms in total. The molecule has 1 saturated heterocycles. The lowest BCUT2D eigenvalue weighted by atomic mass is 10.1. The topological polar surface area (TPSA) is 0 Å². The van der Waals surface area contributed by atoms with Crippen LogP contribution < -0.4 is 0 Å². The summed E-state index contributed by atoms with van der Waals surface area (Å²) in [6.45, 7) is 4.24. The molecule has 0 bridgehead atoms. The number of aryl methyl sites for hydroxylation is 2. The molecule has 0 spiro atoms. The van der Waals surface area contributed by atoms with E-state index in [0.717, 1.165) is 0 Å². The van der Waals surface area contributed by atoms with Crippen LogP contribution in [0, 0.1) is 13.8 Å². The van der Waals surface area contributed by atoms with Gasteiger partial charge in [-0.15, -0.1) is 0 Å².